The Morgan fingerprint density at radius 2 is 2.24 bits per heavy atom. The highest BCUT2D eigenvalue weighted by atomic mass is 32.2. The Morgan fingerprint density at radius 1 is 1.53 bits per heavy atom. The van der Waals surface area contributed by atoms with Crippen molar-refractivity contribution in [1.29, 1.82) is 0 Å². The van der Waals surface area contributed by atoms with Crippen LogP contribution in [0.5, 0.6) is 0 Å². The van der Waals surface area contributed by atoms with Crippen molar-refractivity contribution < 1.29 is 12.9 Å². The van der Waals surface area contributed by atoms with Gasteiger partial charge in [0.15, 0.2) is 10.8 Å². The van der Waals surface area contributed by atoms with Crippen molar-refractivity contribution in [3.05, 3.63) is 18.1 Å². The van der Waals surface area contributed by atoms with Crippen molar-refractivity contribution >= 4 is 21.7 Å². The van der Waals surface area contributed by atoms with Crippen molar-refractivity contribution in [2.24, 2.45) is 7.05 Å². The van der Waals surface area contributed by atoms with Gasteiger partial charge in [0.2, 0.25) is 5.88 Å². The molecule has 17 heavy (non-hydrogen) atoms. The van der Waals surface area contributed by atoms with Crippen LogP contribution in [0.1, 0.15) is 5.69 Å². The molecule has 0 aliphatic carbocycles. The summed E-state index contributed by atoms with van der Waals surface area (Å²) in [5.41, 5.74) is 6.06. The van der Waals surface area contributed by atoms with E-state index >= 15 is 0 Å². The van der Waals surface area contributed by atoms with Crippen LogP contribution in [0.15, 0.2) is 21.9 Å². The summed E-state index contributed by atoms with van der Waals surface area (Å²) in [4.78, 5) is 3.70. The van der Waals surface area contributed by atoms with Gasteiger partial charge >= 0.3 is 0 Å². The Balaban J connectivity index is 2.38. The molecule has 8 nitrogen and oxygen atoms in total. The second-order valence-electron chi connectivity index (χ2n) is 3.48. The number of rotatable bonds is 3. The van der Waals surface area contributed by atoms with E-state index in [1.165, 1.54) is 24.0 Å². The number of hydrogen-bond acceptors (Lipinski definition) is 6. The van der Waals surface area contributed by atoms with Crippen molar-refractivity contribution in [3.63, 3.8) is 0 Å². The molecule has 0 aliphatic rings. The summed E-state index contributed by atoms with van der Waals surface area (Å²) in [6, 6.07) is 1.46. The van der Waals surface area contributed by atoms with Crippen LogP contribution in [0.4, 0.5) is 11.7 Å². The molecule has 0 saturated carbocycles. The Bertz CT molecular complexity index is 622. The molecule has 2 aromatic heterocycles. The molecule has 0 amide bonds. The van der Waals surface area contributed by atoms with E-state index in [1.54, 1.807) is 6.92 Å². The minimum Gasteiger partial charge on any atom is -0.381 e. The lowest BCUT2D eigenvalue weighted by Gasteiger charge is -2.05. The maximum Gasteiger partial charge on any atom is 0.283 e. The van der Waals surface area contributed by atoms with Crippen molar-refractivity contribution in [2.45, 2.75) is 11.9 Å². The molecular weight excluding hydrogens is 246 g/mol. The lowest BCUT2D eigenvalue weighted by Crippen LogP contribution is -2.17. The van der Waals surface area contributed by atoms with Crippen molar-refractivity contribution in [1.82, 2.24) is 14.7 Å². The van der Waals surface area contributed by atoms with Crippen LogP contribution in [0.25, 0.3) is 0 Å². The number of aromatic nitrogens is 3. The first-order valence-electron chi connectivity index (χ1n) is 4.63. The molecule has 0 saturated heterocycles. The predicted molar refractivity (Wildman–Crippen MR) is 59.7 cm³/mol. The van der Waals surface area contributed by atoms with E-state index in [9.17, 15) is 8.42 Å². The molecule has 3 N–H and O–H groups in total. The van der Waals surface area contributed by atoms with Crippen molar-refractivity contribution in [3.8, 4) is 0 Å². The molecular formula is C8H11N5O3S. The smallest absolute Gasteiger partial charge is 0.283 e. The molecule has 92 valence electrons. The normalized spacial score (nSPS) is 11.6. The number of nitrogen functional groups attached to an aromatic ring is 1. The second-order valence-corrected chi connectivity index (χ2v) is 5.08. The first-order chi connectivity index (χ1) is 7.90. The van der Waals surface area contributed by atoms with Gasteiger partial charge in [-0.1, -0.05) is 5.16 Å². The van der Waals surface area contributed by atoms with E-state index < -0.39 is 10.0 Å². The Labute approximate surface area is 97.5 Å². The molecule has 0 bridgehead atoms. The Hall–Kier alpha value is -2.03. The molecule has 0 spiro atoms. The van der Waals surface area contributed by atoms with Gasteiger partial charge in [0, 0.05) is 13.1 Å². The monoisotopic (exact) mass is 257 g/mol. The molecule has 0 fully saturated rings. The molecule has 0 aliphatic heterocycles. The number of nitrogens with one attached hydrogen (secondary N) is 1. The lowest BCUT2D eigenvalue weighted by atomic mass is 10.5. The number of imidazole rings is 1. The van der Waals surface area contributed by atoms with Crippen LogP contribution < -0.4 is 10.5 Å². The second kappa shape index (κ2) is 3.77. The molecule has 2 heterocycles. The van der Waals surface area contributed by atoms with Crippen LogP contribution in [0.2, 0.25) is 0 Å². The fourth-order valence-electron chi connectivity index (χ4n) is 1.36. The van der Waals surface area contributed by atoms with Crippen LogP contribution in [0.3, 0.4) is 0 Å². The summed E-state index contributed by atoms with van der Waals surface area (Å²) in [6.45, 7) is 1.68. The van der Waals surface area contributed by atoms with E-state index in [4.69, 9.17) is 10.3 Å². The standard InChI is InChI=1S/C8H11N5O3S/c1-5-3-6(16-11-5)12-17(14,15)8-7(9)10-4-13(8)2/h3-4,12H,9H2,1-2H3. The largest absolute Gasteiger partial charge is 0.381 e. The van der Waals surface area contributed by atoms with Crippen LogP contribution >= 0.6 is 0 Å². The molecule has 0 atom stereocenters. The van der Waals surface area contributed by atoms with Crippen LogP contribution in [-0.4, -0.2) is 23.1 Å². The number of hydrogen-bond donors (Lipinski definition) is 2. The number of nitrogens with zero attached hydrogens (tertiary/aromatic N) is 3. The van der Waals surface area contributed by atoms with E-state index in [0.717, 1.165) is 0 Å². The van der Waals surface area contributed by atoms with E-state index in [-0.39, 0.29) is 16.7 Å². The van der Waals surface area contributed by atoms with Gasteiger partial charge in [-0.25, -0.2) is 9.71 Å². The maximum absolute atomic E-state index is 12.0. The third-order valence-electron chi connectivity index (χ3n) is 2.03. The van der Waals surface area contributed by atoms with Crippen molar-refractivity contribution in [2.75, 3.05) is 10.5 Å². The van der Waals surface area contributed by atoms with Gasteiger partial charge in [-0.2, -0.15) is 8.42 Å². The number of nitrogens with two attached hydrogens (primary N) is 1. The number of anilines is 2. The predicted octanol–water partition coefficient (Wildman–Crippen LogP) is 0.0995. The zero-order valence-electron chi connectivity index (χ0n) is 9.21. The first-order valence-corrected chi connectivity index (χ1v) is 6.11. The van der Waals surface area contributed by atoms with Gasteiger partial charge in [0.05, 0.1) is 12.0 Å². The average molecular weight is 257 g/mol. The SMILES string of the molecule is Cc1cc(NS(=O)(=O)c2c(N)ncn2C)on1. The third-order valence-corrected chi connectivity index (χ3v) is 3.50. The molecule has 0 unspecified atom stereocenters. The minimum atomic E-state index is -3.83. The first kappa shape index (κ1) is 11.5. The fourth-order valence-corrected chi connectivity index (χ4v) is 2.57. The van der Waals surface area contributed by atoms with E-state index in [0.29, 0.717) is 5.69 Å². The average Bonchev–Trinajstić information content (AvgIpc) is 2.73. The fraction of sp³-hybridized carbons (Fsp3) is 0.250. The third kappa shape index (κ3) is 2.09. The molecule has 2 aromatic rings. The Kier molecular flexibility index (Phi) is 2.54. The zero-order chi connectivity index (χ0) is 12.6. The molecule has 9 heteroatoms. The van der Waals surface area contributed by atoms with Crippen LogP contribution in [0, 0.1) is 6.92 Å². The summed E-state index contributed by atoms with van der Waals surface area (Å²) in [7, 11) is -2.29. The summed E-state index contributed by atoms with van der Waals surface area (Å²) >= 11 is 0. The zero-order valence-corrected chi connectivity index (χ0v) is 10.0. The summed E-state index contributed by atoms with van der Waals surface area (Å²) in [5.74, 6) is -0.0423. The van der Waals surface area contributed by atoms with Gasteiger partial charge in [-0.3, -0.25) is 0 Å². The highest BCUT2D eigenvalue weighted by Gasteiger charge is 2.23. The van der Waals surface area contributed by atoms with Gasteiger partial charge in [0.25, 0.3) is 10.0 Å². The quantitative estimate of drug-likeness (QED) is 0.805. The van der Waals surface area contributed by atoms with Gasteiger partial charge in [0.1, 0.15) is 0 Å². The van der Waals surface area contributed by atoms with E-state index in [1.807, 2.05) is 0 Å². The number of sulfonamides is 1. The molecule has 0 aromatic carbocycles. The Morgan fingerprint density at radius 3 is 2.71 bits per heavy atom. The highest BCUT2D eigenvalue weighted by molar-refractivity contribution is 7.92. The summed E-state index contributed by atoms with van der Waals surface area (Å²) < 4.78 is 32.2. The van der Waals surface area contributed by atoms with Crippen LogP contribution in [-0.2, 0) is 17.1 Å². The highest BCUT2D eigenvalue weighted by Crippen LogP contribution is 2.20. The topological polar surface area (TPSA) is 116 Å². The summed E-state index contributed by atoms with van der Waals surface area (Å²) in [5, 5.41) is 3.45. The number of aryl methyl sites for hydroxylation is 2. The van der Waals surface area contributed by atoms with Gasteiger partial charge in [-0.15, -0.1) is 0 Å². The van der Waals surface area contributed by atoms with E-state index in [2.05, 4.69) is 14.9 Å². The summed E-state index contributed by atoms with van der Waals surface area (Å²) in [6.07, 6.45) is 1.32. The lowest BCUT2D eigenvalue weighted by molar-refractivity contribution is 0.430. The maximum atomic E-state index is 12.0. The molecule has 2 rings (SSSR count). The van der Waals surface area contributed by atoms with Gasteiger partial charge < -0.3 is 14.8 Å². The minimum absolute atomic E-state index is 0.0306. The molecule has 0 radical (unpaired) electrons. The van der Waals surface area contributed by atoms with Gasteiger partial charge in [-0.05, 0) is 6.92 Å².